The molecule has 2 heterocycles. The van der Waals surface area contributed by atoms with E-state index >= 15 is 0 Å². The number of hydrazine groups is 1. The summed E-state index contributed by atoms with van der Waals surface area (Å²) >= 11 is 6.22. The van der Waals surface area contributed by atoms with Gasteiger partial charge in [-0.2, -0.15) is 5.10 Å². The third-order valence-corrected chi connectivity index (χ3v) is 3.12. The lowest BCUT2D eigenvalue weighted by molar-refractivity contribution is 0.463. The minimum Gasteiger partial charge on any atom is -0.336 e. The molecule has 0 radical (unpaired) electrons. The summed E-state index contributed by atoms with van der Waals surface area (Å²) in [5.74, 6) is 6.45. The van der Waals surface area contributed by atoms with Crippen molar-refractivity contribution >= 4 is 11.6 Å². The van der Waals surface area contributed by atoms with E-state index in [1.807, 2.05) is 36.3 Å². The normalized spacial score (nSPS) is 13.2. The molecule has 1 atom stereocenters. The van der Waals surface area contributed by atoms with Gasteiger partial charge in [0.05, 0.1) is 16.9 Å². The van der Waals surface area contributed by atoms with Crippen molar-refractivity contribution in [3.05, 3.63) is 35.1 Å². The van der Waals surface area contributed by atoms with Crippen molar-refractivity contribution in [1.82, 2.24) is 24.8 Å². The monoisotopic (exact) mass is 268 g/mol. The lowest BCUT2D eigenvalue weighted by Gasteiger charge is -2.20. The maximum absolute atomic E-state index is 6.22. The number of nitrogens with zero attached hydrogens (tertiary/aromatic N) is 4. The molecule has 0 spiro atoms. The van der Waals surface area contributed by atoms with Gasteiger partial charge in [0.2, 0.25) is 0 Å². The molecular formula is C11H17ClN6. The highest BCUT2D eigenvalue weighted by atomic mass is 35.5. The van der Waals surface area contributed by atoms with Gasteiger partial charge in [-0.1, -0.05) is 11.6 Å². The van der Waals surface area contributed by atoms with Crippen molar-refractivity contribution in [2.75, 3.05) is 0 Å². The number of hydrogen-bond acceptors (Lipinski definition) is 4. The van der Waals surface area contributed by atoms with Gasteiger partial charge >= 0.3 is 0 Å². The predicted molar refractivity (Wildman–Crippen MR) is 70.0 cm³/mol. The van der Waals surface area contributed by atoms with Crippen LogP contribution in [0.15, 0.2) is 18.6 Å². The van der Waals surface area contributed by atoms with E-state index in [1.54, 1.807) is 12.4 Å². The van der Waals surface area contributed by atoms with E-state index in [2.05, 4.69) is 15.5 Å². The van der Waals surface area contributed by atoms with E-state index in [1.165, 1.54) is 0 Å². The van der Waals surface area contributed by atoms with E-state index in [0.717, 1.165) is 11.5 Å². The molecule has 0 bridgehead atoms. The number of imidazole rings is 1. The summed E-state index contributed by atoms with van der Waals surface area (Å²) in [6, 6.07) is -0.0916. The van der Waals surface area contributed by atoms with E-state index in [0.29, 0.717) is 5.02 Å². The minimum absolute atomic E-state index is 0.198. The van der Waals surface area contributed by atoms with E-state index in [4.69, 9.17) is 17.4 Å². The predicted octanol–water partition coefficient (Wildman–Crippen LogP) is 1.40. The van der Waals surface area contributed by atoms with Crippen molar-refractivity contribution in [3.8, 4) is 0 Å². The number of halogens is 1. The van der Waals surface area contributed by atoms with Crippen LogP contribution in [0, 0.1) is 0 Å². The molecule has 0 aliphatic carbocycles. The second-order valence-corrected chi connectivity index (χ2v) is 4.82. The number of nitrogens with one attached hydrogen (secondary N) is 1. The van der Waals surface area contributed by atoms with Crippen LogP contribution in [0.25, 0.3) is 0 Å². The van der Waals surface area contributed by atoms with Crippen molar-refractivity contribution in [1.29, 1.82) is 0 Å². The average molecular weight is 269 g/mol. The first-order valence-electron chi connectivity index (χ1n) is 5.72. The molecule has 0 aliphatic heterocycles. The fraction of sp³-hybridized carbons (Fsp3) is 0.455. The smallest absolute Gasteiger partial charge is 0.133 e. The third-order valence-electron chi connectivity index (χ3n) is 2.83. The molecular weight excluding hydrogens is 252 g/mol. The van der Waals surface area contributed by atoms with Gasteiger partial charge in [0.15, 0.2) is 0 Å². The Kier molecular flexibility index (Phi) is 3.70. The Bertz CT molecular complexity index is 529. The quantitative estimate of drug-likeness (QED) is 0.649. The molecule has 0 aromatic carbocycles. The fourth-order valence-electron chi connectivity index (χ4n) is 1.96. The molecule has 18 heavy (non-hydrogen) atoms. The van der Waals surface area contributed by atoms with E-state index in [9.17, 15) is 0 Å². The lowest BCUT2D eigenvalue weighted by Crippen LogP contribution is -2.33. The second kappa shape index (κ2) is 5.09. The van der Waals surface area contributed by atoms with Crippen LogP contribution in [0.5, 0.6) is 0 Å². The van der Waals surface area contributed by atoms with Crippen LogP contribution in [0.2, 0.25) is 5.02 Å². The summed E-state index contributed by atoms with van der Waals surface area (Å²) in [5, 5.41) is 4.85. The van der Waals surface area contributed by atoms with Gasteiger partial charge < -0.3 is 4.57 Å². The largest absolute Gasteiger partial charge is 0.336 e. The van der Waals surface area contributed by atoms with Crippen LogP contribution >= 0.6 is 11.6 Å². The summed E-state index contributed by atoms with van der Waals surface area (Å²) in [4.78, 5) is 4.31. The zero-order valence-electron chi connectivity index (χ0n) is 10.6. The summed E-state index contributed by atoms with van der Waals surface area (Å²) in [5.41, 5.74) is 3.58. The van der Waals surface area contributed by atoms with Gasteiger partial charge in [0, 0.05) is 25.5 Å². The third kappa shape index (κ3) is 2.14. The van der Waals surface area contributed by atoms with Crippen molar-refractivity contribution in [2.24, 2.45) is 12.9 Å². The molecule has 3 N–H and O–H groups in total. The summed E-state index contributed by atoms with van der Waals surface area (Å²) in [6.45, 7) is 4.08. The van der Waals surface area contributed by atoms with Gasteiger partial charge in [-0.05, 0) is 13.8 Å². The molecule has 7 heteroatoms. The maximum Gasteiger partial charge on any atom is 0.133 e. The topological polar surface area (TPSA) is 73.7 Å². The van der Waals surface area contributed by atoms with Gasteiger partial charge in [-0.15, -0.1) is 0 Å². The molecule has 0 amide bonds. The Morgan fingerprint density at radius 3 is 2.67 bits per heavy atom. The molecule has 1 unspecified atom stereocenters. The van der Waals surface area contributed by atoms with Crippen molar-refractivity contribution < 1.29 is 0 Å². The van der Waals surface area contributed by atoms with Crippen LogP contribution in [-0.4, -0.2) is 19.3 Å². The van der Waals surface area contributed by atoms with Crippen molar-refractivity contribution in [3.63, 3.8) is 0 Å². The average Bonchev–Trinajstić information content (AvgIpc) is 2.89. The Morgan fingerprint density at radius 2 is 2.17 bits per heavy atom. The molecule has 0 fully saturated rings. The Hall–Kier alpha value is -1.37. The number of aryl methyl sites for hydroxylation is 1. The summed E-state index contributed by atoms with van der Waals surface area (Å²) in [7, 11) is 1.91. The number of nitrogens with two attached hydrogens (primary N) is 1. The Morgan fingerprint density at radius 1 is 1.44 bits per heavy atom. The molecule has 6 nitrogen and oxygen atoms in total. The van der Waals surface area contributed by atoms with Gasteiger partial charge in [-0.3, -0.25) is 10.5 Å². The van der Waals surface area contributed by atoms with Gasteiger partial charge in [0.25, 0.3) is 0 Å². The van der Waals surface area contributed by atoms with Gasteiger partial charge in [-0.25, -0.2) is 10.4 Å². The Balaban J connectivity index is 2.52. The van der Waals surface area contributed by atoms with Crippen LogP contribution in [0.4, 0.5) is 0 Å². The first-order chi connectivity index (χ1) is 8.56. The highest BCUT2D eigenvalue weighted by molar-refractivity contribution is 6.31. The van der Waals surface area contributed by atoms with Crippen LogP contribution in [0.1, 0.15) is 37.4 Å². The van der Waals surface area contributed by atoms with Crippen LogP contribution in [0.3, 0.4) is 0 Å². The highest BCUT2D eigenvalue weighted by Gasteiger charge is 2.25. The molecule has 98 valence electrons. The van der Waals surface area contributed by atoms with E-state index < -0.39 is 0 Å². The zero-order chi connectivity index (χ0) is 13.3. The molecule has 0 aliphatic rings. The SMILES string of the molecule is CC(C)n1ncc(Cl)c1C(NN)c1nccn1C. The van der Waals surface area contributed by atoms with Crippen LogP contribution < -0.4 is 11.3 Å². The van der Waals surface area contributed by atoms with Crippen molar-refractivity contribution in [2.45, 2.75) is 25.9 Å². The second-order valence-electron chi connectivity index (χ2n) is 4.41. The molecule has 2 aromatic heterocycles. The lowest BCUT2D eigenvalue weighted by atomic mass is 10.2. The summed E-state index contributed by atoms with van der Waals surface area (Å²) < 4.78 is 3.75. The molecule has 0 saturated carbocycles. The first-order valence-corrected chi connectivity index (χ1v) is 6.10. The summed E-state index contributed by atoms with van der Waals surface area (Å²) in [6.07, 6.45) is 5.22. The zero-order valence-corrected chi connectivity index (χ0v) is 11.4. The van der Waals surface area contributed by atoms with Gasteiger partial charge in [0.1, 0.15) is 11.9 Å². The molecule has 0 saturated heterocycles. The first kappa shape index (κ1) is 13.1. The number of hydrogen-bond donors (Lipinski definition) is 2. The fourth-order valence-corrected chi connectivity index (χ4v) is 2.20. The standard InChI is InChI=1S/C11H17ClN6/c1-7(2)18-10(8(12)6-15-18)9(16-13)11-14-4-5-17(11)3/h4-7,9,16H,13H2,1-3H3. The Labute approximate surface area is 111 Å². The number of rotatable bonds is 4. The molecule has 2 aromatic rings. The van der Waals surface area contributed by atoms with Crippen LogP contribution in [-0.2, 0) is 7.05 Å². The maximum atomic E-state index is 6.22. The minimum atomic E-state index is -0.289. The molecule has 2 rings (SSSR count). The number of aromatic nitrogens is 4. The highest BCUT2D eigenvalue weighted by Crippen LogP contribution is 2.28. The van der Waals surface area contributed by atoms with E-state index in [-0.39, 0.29) is 12.1 Å².